The van der Waals surface area contributed by atoms with Crippen molar-refractivity contribution in [2.24, 2.45) is 5.73 Å². The van der Waals surface area contributed by atoms with Gasteiger partial charge in [-0.25, -0.2) is 9.97 Å². The fourth-order valence-corrected chi connectivity index (χ4v) is 3.61. The highest BCUT2D eigenvalue weighted by Crippen LogP contribution is 2.20. The van der Waals surface area contributed by atoms with Gasteiger partial charge in [-0.05, 0) is 35.6 Å². The summed E-state index contributed by atoms with van der Waals surface area (Å²) in [5.41, 5.74) is 7.35. The van der Waals surface area contributed by atoms with Gasteiger partial charge in [-0.1, -0.05) is 42.5 Å². The minimum Gasteiger partial charge on any atom is -0.343 e. The van der Waals surface area contributed by atoms with Crippen molar-refractivity contribution in [1.29, 1.82) is 0 Å². The summed E-state index contributed by atoms with van der Waals surface area (Å²) in [7, 11) is 2.04. The fourth-order valence-electron chi connectivity index (χ4n) is 3.61. The van der Waals surface area contributed by atoms with Crippen LogP contribution in [0.15, 0.2) is 48.8 Å². The molecule has 27 heavy (non-hydrogen) atoms. The Kier molecular flexibility index (Phi) is 5.16. The molecule has 6 heteroatoms. The van der Waals surface area contributed by atoms with Crippen LogP contribution in [0, 0.1) is 0 Å². The molecule has 0 aliphatic carbocycles. The van der Waals surface area contributed by atoms with Gasteiger partial charge in [0.2, 0.25) is 11.9 Å². The number of aromatic nitrogens is 3. The zero-order chi connectivity index (χ0) is 18.6. The third kappa shape index (κ3) is 4.01. The lowest BCUT2D eigenvalue weighted by molar-refractivity contribution is 0.495. The molecule has 3 aromatic rings. The van der Waals surface area contributed by atoms with Gasteiger partial charge >= 0.3 is 0 Å². The molecule has 0 saturated carbocycles. The van der Waals surface area contributed by atoms with E-state index in [1.807, 2.05) is 7.05 Å². The maximum Gasteiger partial charge on any atom is 0.230 e. The summed E-state index contributed by atoms with van der Waals surface area (Å²) in [5.74, 6) is 1.47. The van der Waals surface area contributed by atoms with Crippen LogP contribution in [-0.4, -0.2) is 47.7 Å². The molecular weight excluding hydrogens is 336 g/mol. The van der Waals surface area contributed by atoms with E-state index in [0.717, 1.165) is 50.8 Å². The van der Waals surface area contributed by atoms with Crippen LogP contribution in [0.2, 0.25) is 0 Å². The molecule has 0 spiro atoms. The first-order valence-electron chi connectivity index (χ1n) is 9.58. The van der Waals surface area contributed by atoms with E-state index in [1.165, 1.54) is 16.3 Å². The molecule has 6 nitrogen and oxygen atoms in total. The van der Waals surface area contributed by atoms with Crippen molar-refractivity contribution in [3.05, 3.63) is 54.4 Å². The third-order valence-electron chi connectivity index (χ3n) is 5.31. The molecule has 2 aromatic carbocycles. The van der Waals surface area contributed by atoms with Crippen molar-refractivity contribution in [3.63, 3.8) is 0 Å². The molecule has 2 N–H and O–H groups in total. The first-order valence-corrected chi connectivity index (χ1v) is 9.58. The number of hydrogen-bond donors (Lipinski definition) is 1. The highest BCUT2D eigenvalue weighted by atomic mass is 15.3. The van der Waals surface area contributed by atoms with Gasteiger partial charge in [0.05, 0.1) is 0 Å². The highest BCUT2D eigenvalue weighted by Gasteiger charge is 2.19. The van der Waals surface area contributed by atoms with Gasteiger partial charge in [-0.3, -0.25) is 0 Å². The number of fused-ring (bicyclic) bond motifs is 1. The Morgan fingerprint density at radius 3 is 2.70 bits per heavy atom. The maximum absolute atomic E-state index is 6.00. The molecule has 2 heterocycles. The third-order valence-corrected chi connectivity index (χ3v) is 5.31. The lowest BCUT2D eigenvalue weighted by Crippen LogP contribution is -2.40. The van der Waals surface area contributed by atoms with Crippen molar-refractivity contribution in [3.8, 4) is 0 Å². The second-order valence-corrected chi connectivity index (χ2v) is 7.22. The van der Waals surface area contributed by atoms with Crippen molar-refractivity contribution in [2.45, 2.75) is 25.3 Å². The molecule has 4 rings (SSSR count). The zero-order valence-corrected chi connectivity index (χ0v) is 15.8. The minimum atomic E-state index is 0.297. The van der Waals surface area contributed by atoms with Crippen molar-refractivity contribution >= 4 is 22.7 Å². The Hall–Kier alpha value is -2.73. The van der Waals surface area contributed by atoms with Gasteiger partial charge in [0.1, 0.15) is 6.33 Å². The molecular formula is C21H26N6. The van der Waals surface area contributed by atoms with Crippen LogP contribution in [0.25, 0.3) is 10.8 Å². The first-order chi connectivity index (χ1) is 13.2. The highest BCUT2D eigenvalue weighted by molar-refractivity contribution is 5.85. The van der Waals surface area contributed by atoms with Crippen LogP contribution in [0.1, 0.15) is 18.4 Å². The van der Waals surface area contributed by atoms with E-state index >= 15 is 0 Å². The molecule has 1 saturated heterocycles. The minimum absolute atomic E-state index is 0.297. The van der Waals surface area contributed by atoms with E-state index in [4.69, 9.17) is 5.73 Å². The van der Waals surface area contributed by atoms with Gasteiger partial charge in [-0.15, -0.1) is 0 Å². The number of piperidine rings is 1. The summed E-state index contributed by atoms with van der Waals surface area (Å²) in [6.07, 6.45) is 4.52. The molecule has 1 aliphatic heterocycles. The summed E-state index contributed by atoms with van der Waals surface area (Å²) in [5, 5.41) is 2.60. The number of anilines is 2. The van der Waals surface area contributed by atoms with Gasteiger partial charge < -0.3 is 15.5 Å². The molecule has 0 amide bonds. The van der Waals surface area contributed by atoms with E-state index in [0.29, 0.717) is 6.04 Å². The predicted octanol–water partition coefficient (Wildman–Crippen LogP) is 2.63. The summed E-state index contributed by atoms with van der Waals surface area (Å²) in [4.78, 5) is 17.7. The topological polar surface area (TPSA) is 71.2 Å². The van der Waals surface area contributed by atoms with Crippen LogP contribution in [-0.2, 0) is 6.42 Å². The number of rotatable bonds is 5. The van der Waals surface area contributed by atoms with Crippen LogP contribution in [0.4, 0.5) is 11.9 Å². The molecule has 1 fully saturated rings. The summed E-state index contributed by atoms with van der Waals surface area (Å²) in [6, 6.07) is 15.3. The molecule has 0 radical (unpaired) electrons. The second kappa shape index (κ2) is 7.88. The number of nitrogens with zero attached hydrogens (tertiary/aromatic N) is 5. The van der Waals surface area contributed by atoms with E-state index in [9.17, 15) is 0 Å². The molecule has 140 valence electrons. The van der Waals surface area contributed by atoms with Crippen molar-refractivity contribution in [2.75, 3.05) is 36.5 Å². The maximum atomic E-state index is 6.00. The Morgan fingerprint density at radius 2 is 1.85 bits per heavy atom. The average Bonchev–Trinajstić information content (AvgIpc) is 2.72. The quantitative estimate of drug-likeness (QED) is 0.752. The zero-order valence-electron chi connectivity index (χ0n) is 15.8. The van der Waals surface area contributed by atoms with Crippen molar-refractivity contribution < 1.29 is 0 Å². The second-order valence-electron chi connectivity index (χ2n) is 7.22. The van der Waals surface area contributed by atoms with E-state index in [2.05, 4.69) is 67.2 Å². The Morgan fingerprint density at radius 1 is 1.07 bits per heavy atom. The van der Waals surface area contributed by atoms with E-state index in [-0.39, 0.29) is 0 Å². The number of benzene rings is 2. The van der Waals surface area contributed by atoms with Crippen LogP contribution < -0.4 is 15.5 Å². The Bertz CT molecular complexity index is 899. The molecule has 0 bridgehead atoms. The fraction of sp³-hybridized carbons (Fsp3) is 0.381. The molecule has 0 unspecified atom stereocenters. The molecule has 1 aliphatic rings. The van der Waals surface area contributed by atoms with Crippen molar-refractivity contribution in [1.82, 2.24) is 15.0 Å². The number of nitrogens with two attached hydrogens (primary N) is 1. The van der Waals surface area contributed by atoms with E-state index < -0.39 is 0 Å². The lowest BCUT2D eigenvalue weighted by Gasteiger charge is -2.30. The number of likely N-dealkylation sites (N-methyl/N-ethyl adjacent to an activating group) is 1. The summed E-state index contributed by atoms with van der Waals surface area (Å²) >= 11 is 0. The average molecular weight is 362 g/mol. The van der Waals surface area contributed by atoms with Gasteiger partial charge in [-0.2, -0.15) is 4.98 Å². The number of hydrogen-bond acceptors (Lipinski definition) is 6. The van der Waals surface area contributed by atoms with Crippen LogP contribution in [0.3, 0.4) is 0 Å². The SMILES string of the molecule is CN(CCc1cccc2ccccc12)c1ncnc(N2CCC(N)CC2)n1. The van der Waals surface area contributed by atoms with Crippen LogP contribution in [0.5, 0.6) is 0 Å². The van der Waals surface area contributed by atoms with Gasteiger partial charge in [0, 0.05) is 32.7 Å². The normalized spacial score (nSPS) is 15.3. The summed E-state index contributed by atoms with van der Waals surface area (Å²) < 4.78 is 0. The molecule has 0 atom stereocenters. The smallest absolute Gasteiger partial charge is 0.230 e. The van der Waals surface area contributed by atoms with Gasteiger partial charge in [0.15, 0.2) is 0 Å². The Labute approximate surface area is 160 Å². The van der Waals surface area contributed by atoms with Crippen LogP contribution >= 0.6 is 0 Å². The first kappa shape index (κ1) is 17.7. The Balaban J connectivity index is 1.45. The van der Waals surface area contributed by atoms with E-state index in [1.54, 1.807) is 6.33 Å². The van der Waals surface area contributed by atoms with Gasteiger partial charge in [0.25, 0.3) is 0 Å². The lowest BCUT2D eigenvalue weighted by atomic mass is 10.0. The predicted molar refractivity (Wildman–Crippen MR) is 110 cm³/mol. The standard InChI is InChI=1S/C21H26N6/c1-26(12-9-17-7-4-6-16-5-2-3-8-19(16)17)20-23-15-24-21(25-20)27-13-10-18(22)11-14-27/h2-8,15,18H,9-14,22H2,1H3. The molecule has 1 aromatic heterocycles. The largest absolute Gasteiger partial charge is 0.343 e. The monoisotopic (exact) mass is 362 g/mol. The summed E-state index contributed by atoms with van der Waals surface area (Å²) in [6.45, 7) is 2.66.